The molecule has 2 aliphatic rings. The third kappa shape index (κ3) is 3.44. The minimum Gasteiger partial charge on any atom is -0.378 e. The predicted octanol–water partition coefficient (Wildman–Crippen LogP) is 1.68. The van der Waals surface area contributed by atoms with E-state index < -0.39 is 11.9 Å². The molecular weight excluding hydrogens is 351 g/mol. The highest BCUT2D eigenvalue weighted by atomic mass is 19.1. The smallest absolute Gasteiger partial charge is 0.272 e. The average molecular weight is 372 g/mol. The minimum atomic E-state index is -0.462. The lowest BCUT2D eigenvalue weighted by molar-refractivity contribution is -0.139. The molecular formula is C19H21FN4O3. The second kappa shape index (κ2) is 7.48. The number of carbonyl (C=O) groups excluding carboxylic acids is 2. The first-order chi connectivity index (χ1) is 13.1. The SMILES string of the molecule is O=C([C@@H]1CCCN1C(=O)c1cc(-c2ccccc2F)n[nH]1)N1CCOCC1. The van der Waals surface area contributed by atoms with E-state index in [0.717, 1.165) is 6.42 Å². The Balaban J connectivity index is 1.52. The molecule has 2 fully saturated rings. The number of amides is 2. The zero-order valence-electron chi connectivity index (χ0n) is 14.9. The molecule has 1 atom stereocenters. The van der Waals surface area contributed by atoms with E-state index in [9.17, 15) is 14.0 Å². The maximum Gasteiger partial charge on any atom is 0.272 e. The van der Waals surface area contributed by atoms with Gasteiger partial charge in [-0.1, -0.05) is 12.1 Å². The van der Waals surface area contributed by atoms with E-state index in [2.05, 4.69) is 10.2 Å². The predicted molar refractivity (Wildman–Crippen MR) is 95.4 cm³/mol. The van der Waals surface area contributed by atoms with Crippen LogP contribution in [-0.2, 0) is 9.53 Å². The number of halogens is 1. The zero-order chi connectivity index (χ0) is 18.8. The summed E-state index contributed by atoms with van der Waals surface area (Å²) in [4.78, 5) is 29.1. The fourth-order valence-corrected chi connectivity index (χ4v) is 3.65. The topological polar surface area (TPSA) is 78.5 Å². The Morgan fingerprint density at radius 1 is 1.19 bits per heavy atom. The van der Waals surface area contributed by atoms with Gasteiger partial charge in [0.05, 0.1) is 18.9 Å². The Kier molecular flexibility index (Phi) is 4.89. The molecule has 27 heavy (non-hydrogen) atoms. The summed E-state index contributed by atoms with van der Waals surface area (Å²) in [5.74, 6) is -0.711. The number of rotatable bonds is 3. The number of hydrogen-bond acceptors (Lipinski definition) is 4. The van der Waals surface area contributed by atoms with Gasteiger partial charge in [0.25, 0.3) is 5.91 Å². The van der Waals surface area contributed by atoms with Crippen molar-refractivity contribution in [3.8, 4) is 11.3 Å². The largest absolute Gasteiger partial charge is 0.378 e. The van der Waals surface area contributed by atoms with Crippen LogP contribution in [-0.4, -0.2) is 70.7 Å². The van der Waals surface area contributed by atoms with Gasteiger partial charge in [0.1, 0.15) is 17.6 Å². The molecule has 1 aromatic carbocycles. The van der Waals surface area contributed by atoms with Crippen molar-refractivity contribution in [1.82, 2.24) is 20.0 Å². The molecule has 0 bridgehead atoms. The van der Waals surface area contributed by atoms with Crippen LogP contribution in [0.4, 0.5) is 4.39 Å². The number of likely N-dealkylation sites (tertiary alicyclic amines) is 1. The number of nitrogens with zero attached hydrogens (tertiary/aromatic N) is 3. The third-order valence-corrected chi connectivity index (χ3v) is 5.08. The van der Waals surface area contributed by atoms with Crippen LogP contribution in [0.5, 0.6) is 0 Å². The summed E-state index contributed by atoms with van der Waals surface area (Å²) in [6, 6.07) is 7.35. The van der Waals surface area contributed by atoms with E-state index in [0.29, 0.717) is 50.5 Å². The van der Waals surface area contributed by atoms with Crippen molar-refractivity contribution >= 4 is 11.8 Å². The fourth-order valence-electron chi connectivity index (χ4n) is 3.65. The van der Waals surface area contributed by atoms with Crippen LogP contribution in [0.15, 0.2) is 30.3 Å². The molecule has 142 valence electrons. The molecule has 2 aromatic rings. The van der Waals surface area contributed by atoms with Gasteiger partial charge < -0.3 is 14.5 Å². The Hall–Kier alpha value is -2.74. The van der Waals surface area contributed by atoms with Crippen LogP contribution < -0.4 is 0 Å². The Labute approximate surface area is 156 Å². The van der Waals surface area contributed by atoms with Gasteiger partial charge in [0, 0.05) is 25.2 Å². The number of nitrogens with one attached hydrogen (secondary N) is 1. The Morgan fingerprint density at radius 2 is 1.96 bits per heavy atom. The Bertz CT molecular complexity index is 847. The van der Waals surface area contributed by atoms with Crippen LogP contribution in [0.2, 0.25) is 0 Å². The molecule has 0 unspecified atom stereocenters. The highest BCUT2D eigenvalue weighted by Crippen LogP contribution is 2.25. The second-order valence-electron chi connectivity index (χ2n) is 6.74. The van der Waals surface area contributed by atoms with E-state index in [-0.39, 0.29) is 17.5 Å². The van der Waals surface area contributed by atoms with Gasteiger partial charge in [0.15, 0.2) is 0 Å². The van der Waals surface area contributed by atoms with E-state index in [4.69, 9.17) is 4.74 Å². The summed E-state index contributed by atoms with van der Waals surface area (Å²) in [6.45, 7) is 2.68. The quantitative estimate of drug-likeness (QED) is 0.889. The van der Waals surface area contributed by atoms with Gasteiger partial charge in [0.2, 0.25) is 5.91 Å². The summed E-state index contributed by atoms with van der Waals surface area (Å²) in [7, 11) is 0. The van der Waals surface area contributed by atoms with Crippen molar-refractivity contribution in [3.05, 3.63) is 41.8 Å². The maximum absolute atomic E-state index is 14.0. The van der Waals surface area contributed by atoms with Crippen LogP contribution in [0, 0.1) is 5.82 Å². The zero-order valence-corrected chi connectivity index (χ0v) is 14.9. The lowest BCUT2D eigenvalue weighted by atomic mass is 10.1. The summed E-state index contributed by atoms with van der Waals surface area (Å²) >= 11 is 0. The van der Waals surface area contributed by atoms with Crippen LogP contribution in [0.3, 0.4) is 0 Å². The van der Waals surface area contributed by atoms with Crippen LogP contribution >= 0.6 is 0 Å². The van der Waals surface area contributed by atoms with Crippen molar-refractivity contribution in [2.45, 2.75) is 18.9 Å². The highest BCUT2D eigenvalue weighted by Gasteiger charge is 2.37. The first-order valence-electron chi connectivity index (χ1n) is 9.13. The average Bonchev–Trinajstić information content (AvgIpc) is 3.38. The van der Waals surface area contributed by atoms with Crippen LogP contribution in [0.25, 0.3) is 11.3 Å². The molecule has 0 saturated carbocycles. The molecule has 8 heteroatoms. The lowest BCUT2D eigenvalue weighted by Gasteiger charge is -2.32. The van der Waals surface area contributed by atoms with Crippen molar-refractivity contribution in [3.63, 3.8) is 0 Å². The summed E-state index contributed by atoms with van der Waals surface area (Å²) in [5, 5.41) is 6.77. The lowest BCUT2D eigenvalue weighted by Crippen LogP contribution is -2.51. The normalized spacial score (nSPS) is 20.1. The first-order valence-corrected chi connectivity index (χ1v) is 9.13. The van der Waals surface area contributed by atoms with Crippen molar-refractivity contribution in [1.29, 1.82) is 0 Å². The number of hydrogen-bond donors (Lipinski definition) is 1. The molecule has 1 aromatic heterocycles. The first kappa shape index (κ1) is 17.7. The fraction of sp³-hybridized carbons (Fsp3) is 0.421. The molecule has 0 radical (unpaired) electrons. The molecule has 2 amide bonds. The van der Waals surface area contributed by atoms with E-state index in [1.807, 2.05) is 0 Å². The number of morpholine rings is 1. The summed E-state index contributed by atoms with van der Waals surface area (Å²) in [5.41, 5.74) is 0.955. The van der Waals surface area contributed by atoms with Gasteiger partial charge in [-0.25, -0.2) is 4.39 Å². The third-order valence-electron chi connectivity index (χ3n) is 5.08. The summed E-state index contributed by atoms with van der Waals surface area (Å²) in [6.07, 6.45) is 1.43. The molecule has 1 N–H and O–H groups in total. The Morgan fingerprint density at radius 3 is 2.74 bits per heavy atom. The summed E-state index contributed by atoms with van der Waals surface area (Å²) < 4.78 is 19.2. The molecule has 2 aliphatic heterocycles. The van der Waals surface area contributed by atoms with E-state index >= 15 is 0 Å². The maximum atomic E-state index is 14.0. The number of aromatic amines is 1. The monoisotopic (exact) mass is 372 g/mol. The number of carbonyl (C=O) groups is 2. The minimum absolute atomic E-state index is 0.0296. The highest BCUT2D eigenvalue weighted by molar-refractivity contribution is 5.97. The number of H-pyrrole nitrogens is 1. The molecule has 0 spiro atoms. The molecule has 7 nitrogen and oxygen atoms in total. The number of aromatic nitrogens is 2. The van der Waals surface area contributed by atoms with E-state index in [1.165, 1.54) is 12.1 Å². The van der Waals surface area contributed by atoms with Gasteiger partial charge in [-0.3, -0.25) is 14.7 Å². The molecule has 0 aliphatic carbocycles. The number of ether oxygens (including phenoxy) is 1. The second-order valence-corrected chi connectivity index (χ2v) is 6.74. The standard InChI is InChI=1S/C19H21FN4O3/c20-14-5-2-1-4-13(14)15-12-16(22-21-15)18(25)24-7-3-6-17(24)19(26)23-8-10-27-11-9-23/h1-2,4-5,12,17H,3,6-11H2,(H,21,22)/t17-/m0/s1. The van der Waals surface area contributed by atoms with Crippen molar-refractivity contribution in [2.24, 2.45) is 0 Å². The van der Waals surface area contributed by atoms with Crippen molar-refractivity contribution < 1.29 is 18.7 Å². The van der Waals surface area contributed by atoms with Gasteiger partial charge in [-0.05, 0) is 31.0 Å². The number of benzene rings is 1. The molecule has 2 saturated heterocycles. The molecule has 4 rings (SSSR count). The van der Waals surface area contributed by atoms with Gasteiger partial charge >= 0.3 is 0 Å². The van der Waals surface area contributed by atoms with Gasteiger partial charge in [-0.15, -0.1) is 0 Å². The van der Waals surface area contributed by atoms with Crippen LogP contribution in [0.1, 0.15) is 23.3 Å². The van der Waals surface area contributed by atoms with Gasteiger partial charge in [-0.2, -0.15) is 5.10 Å². The van der Waals surface area contributed by atoms with Crippen molar-refractivity contribution in [2.75, 3.05) is 32.8 Å². The molecule has 3 heterocycles. The van der Waals surface area contributed by atoms with E-state index in [1.54, 1.807) is 28.0 Å².